The Bertz CT molecular complexity index is 985. The Morgan fingerprint density at radius 1 is 0.676 bits per heavy atom. The summed E-state index contributed by atoms with van der Waals surface area (Å²) < 4.78 is 5.94. The smallest absolute Gasteiger partial charge is 0.133 e. The lowest BCUT2D eigenvalue weighted by atomic mass is 9.93. The number of benzene rings is 3. The topological polar surface area (TPSA) is 32.7 Å². The molecule has 0 radical (unpaired) electrons. The van der Waals surface area contributed by atoms with Crippen LogP contribution in [0.3, 0.4) is 0 Å². The van der Waals surface area contributed by atoms with Crippen LogP contribution < -0.4 is 4.74 Å². The Morgan fingerprint density at radius 3 is 1.68 bits per heavy atom. The first-order chi connectivity index (χ1) is 16.7. The van der Waals surface area contributed by atoms with E-state index in [-0.39, 0.29) is 0 Å². The summed E-state index contributed by atoms with van der Waals surface area (Å²) in [5.74, 6) is 0.813. The number of unbranched alkanes of at least 4 members (excludes halogenated alkanes) is 8. The lowest BCUT2D eigenvalue weighted by molar-refractivity contribution is 0.109. The van der Waals surface area contributed by atoms with Gasteiger partial charge in [0.05, 0.1) is 13.2 Å². The second-order valence-corrected chi connectivity index (χ2v) is 9.68. The zero-order valence-corrected chi connectivity index (χ0v) is 21.7. The molecule has 1 N–H and O–H groups in total. The van der Waals surface area contributed by atoms with Crippen LogP contribution in [0.4, 0.5) is 0 Å². The minimum absolute atomic E-state index is 0.587. The molecular weight excluding hydrogens is 418 g/mol. The molecule has 0 spiro atoms. The van der Waals surface area contributed by atoms with Gasteiger partial charge in [0.2, 0.25) is 0 Å². The highest BCUT2D eigenvalue weighted by molar-refractivity contribution is 6.12. The molecule has 3 aromatic carbocycles. The van der Waals surface area contributed by atoms with Crippen molar-refractivity contribution in [3.05, 3.63) is 54.1 Å². The number of ether oxygens (including phenoxy) is 1. The fraction of sp³-hybridized carbons (Fsp3) is 0.548. The summed E-state index contributed by atoms with van der Waals surface area (Å²) >= 11 is 0. The molecule has 186 valence electrons. The van der Waals surface area contributed by atoms with Gasteiger partial charge in [-0.05, 0) is 42.1 Å². The fourth-order valence-corrected chi connectivity index (χ4v) is 5.20. The summed E-state index contributed by atoms with van der Waals surface area (Å²) in [5, 5.41) is 16.1. The highest BCUT2D eigenvalue weighted by Gasteiger charge is 2.22. The molecule has 0 saturated carbocycles. The largest absolute Gasteiger partial charge is 0.496 e. The average Bonchev–Trinajstić information content (AvgIpc) is 2.87. The van der Waals surface area contributed by atoms with Gasteiger partial charge in [0, 0.05) is 17.5 Å². The van der Waals surface area contributed by atoms with Gasteiger partial charge in [-0.25, -0.2) is 0 Å². The number of methoxy groups -OCH3 is 1. The van der Waals surface area contributed by atoms with Crippen molar-refractivity contribution in [3.63, 3.8) is 0 Å². The van der Waals surface area contributed by atoms with Gasteiger partial charge in [0.1, 0.15) is 5.75 Å². The van der Waals surface area contributed by atoms with Gasteiger partial charge in [0.15, 0.2) is 0 Å². The summed E-state index contributed by atoms with van der Waals surface area (Å²) in [7, 11) is 1.73. The Hall–Kier alpha value is -2.10. The molecule has 34 heavy (non-hydrogen) atoms. The third kappa shape index (κ3) is 6.96. The van der Waals surface area contributed by atoms with Crippen molar-refractivity contribution in [2.45, 2.75) is 84.2 Å². The van der Waals surface area contributed by atoms with Crippen LogP contribution in [-0.2, 0) is 0 Å². The van der Waals surface area contributed by atoms with E-state index in [1.54, 1.807) is 7.11 Å². The second-order valence-electron chi connectivity index (χ2n) is 9.68. The van der Waals surface area contributed by atoms with Crippen molar-refractivity contribution >= 4 is 21.5 Å². The average molecular weight is 464 g/mol. The zero-order chi connectivity index (χ0) is 24.2. The second kappa shape index (κ2) is 14.3. The summed E-state index contributed by atoms with van der Waals surface area (Å²) in [6.07, 6.45) is 12.2. The Balaban J connectivity index is 1.83. The lowest BCUT2D eigenvalue weighted by Crippen LogP contribution is -2.31. The van der Waals surface area contributed by atoms with E-state index in [2.05, 4.69) is 67.3 Å². The van der Waals surface area contributed by atoms with E-state index >= 15 is 0 Å². The first-order valence-corrected chi connectivity index (χ1v) is 13.6. The van der Waals surface area contributed by atoms with Crippen molar-refractivity contribution in [1.82, 2.24) is 4.90 Å². The minimum atomic E-state index is -0.587. The summed E-state index contributed by atoms with van der Waals surface area (Å²) in [6, 6.07) is 16.8. The molecule has 0 aromatic heterocycles. The Kier molecular flexibility index (Phi) is 11.2. The number of fused-ring (bicyclic) bond motifs is 3. The highest BCUT2D eigenvalue weighted by Crippen LogP contribution is 2.41. The van der Waals surface area contributed by atoms with Crippen molar-refractivity contribution in [3.8, 4) is 5.75 Å². The van der Waals surface area contributed by atoms with Crippen LogP contribution in [0.5, 0.6) is 5.75 Å². The van der Waals surface area contributed by atoms with Crippen LogP contribution in [0.2, 0.25) is 0 Å². The number of hydrogen-bond acceptors (Lipinski definition) is 3. The number of aliphatic hydroxyl groups excluding tert-OH is 1. The first kappa shape index (κ1) is 26.5. The maximum Gasteiger partial charge on any atom is 0.133 e. The molecule has 1 atom stereocenters. The Labute approximate surface area is 207 Å². The van der Waals surface area contributed by atoms with Gasteiger partial charge in [-0.2, -0.15) is 0 Å². The van der Waals surface area contributed by atoms with Crippen molar-refractivity contribution < 1.29 is 9.84 Å². The number of hydrogen-bond donors (Lipinski definition) is 1. The monoisotopic (exact) mass is 463 g/mol. The molecule has 0 fully saturated rings. The van der Waals surface area contributed by atoms with Gasteiger partial charge in [-0.1, -0.05) is 114 Å². The number of rotatable bonds is 16. The number of nitrogens with zero attached hydrogens (tertiary/aromatic N) is 1. The molecular formula is C31H45NO2. The van der Waals surface area contributed by atoms with E-state index in [0.717, 1.165) is 35.2 Å². The predicted octanol–water partition coefficient (Wildman–Crippen LogP) is 8.28. The van der Waals surface area contributed by atoms with E-state index in [0.29, 0.717) is 6.54 Å². The quantitative estimate of drug-likeness (QED) is 0.171. The molecule has 0 unspecified atom stereocenters. The van der Waals surface area contributed by atoms with Crippen molar-refractivity contribution in [2.24, 2.45) is 0 Å². The molecule has 0 bridgehead atoms. The van der Waals surface area contributed by atoms with Crippen LogP contribution in [0, 0.1) is 0 Å². The van der Waals surface area contributed by atoms with E-state index < -0.39 is 6.10 Å². The van der Waals surface area contributed by atoms with Gasteiger partial charge in [0.25, 0.3) is 0 Å². The van der Waals surface area contributed by atoms with E-state index in [4.69, 9.17) is 4.74 Å². The van der Waals surface area contributed by atoms with Crippen LogP contribution in [0.25, 0.3) is 21.5 Å². The highest BCUT2D eigenvalue weighted by atomic mass is 16.5. The summed E-state index contributed by atoms with van der Waals surface area (Å²) in [6.45, 7) is 7.30. The third-order valence-electron chi connectivity index (χ3n) is 7.05. The van der Waals surface area contributed by atoms with Crippen LogP contribution in [0.1, 0.15) is 89.7 Å². The maximum absolute atomic E-state index is 11.6. The number of aliphatic hydroxyl groups is 1. The standard InChI is InChI=1S/C31H45NO2/c1-4-6-8-10-16-22-32(23-17-11-9-7-5-2)24-29(33)30-27-20-14-12-18-25(27)26-19-13-15-21-28(26)31(30)34-3/h12-15,18-21,29,33H,4-11,16-17,22-24H2,1-3H3/t29-/m1/s1. The molecule has 0 aliphatic rings. The van der Waals surface area contributed by atoms with Gasteiger partial charge in [-0.3, -0.25) is 0 Å². The maximum atomic E-state index is 11.6. The molecule has 3 heteroatoms. The van der Waals surface area contributed by atoms with Gasteiger partial charge in [-0.15, -0.1) is 0 Å². The van der Waals surface area contributed by atoms with E-state index in [9.17, 15) is 5.11 Å². The normalized spacial score (nSPS) is 12.6. The van der Waals surface area contributed by atoms with Crippen molar-refractivity contribution in [1.29, 1.82) is 0 Å². The van der Waals surface area contributed by atoms with E-state index in [1.807, 2.05) is 0 Å². The van der Waals surface area contributed by atoms with Crippen LogP contribution in [0.15, 0.2) is 48.5 Å². The van der Waals surface area contributed by atoms with E-state index in [1.165, 1.54) is 75.0 Å². The van der Waals surface area contributed by atoms with Gasteiger partial charge < -0.3 is 14.7 Å². The molecule has 3 rings (SSSR count). The molecule has 3 aromatic rings. The summed E-state index contributed by atoms with van der Waals surface area (Å²) in [5.41, 5.74) is 0.929. The first-order valence-electron chi connectivity index (χ1n) is 13.6. The molecule has 0 aliphatic carbocycles. The Morgan fingerprint density at radius 2 is 1.15 bits per heavy atom. The zero-order valence-electron chi connectivity index (χ0n) is 21.7. The SMILES string of the molecule is CCCCCCCN(CCCCCCC)C[C@@H](O)c1c(OC)c2ccccc2c2ccccc12. The molecule has 0 amide bonds. The molecule has 0 saturated heterocycles. The van der Waals surface area contributed by atoms with Gasteiger partial charge >= 0.3 is 0 Å². The lowest BCUT2D eigenvalue weighted by Gasteiger charge is -2.27. The minimum Gasteiger partial charge on any atom is -0.496 e. The molecule has 0 aliphatic heterocycles. The molecule has 3 nitrogen and oxygen atoms in total. The van der Waals surface area contributed by atoms with Crippen LogP contribution >= 0.6 is 0 Å². The third-order valence-corrected chi connectivity index (χ3v) is 7.05. The molecule has 0 heterocycles. The fourth-order valence-electron chi connectivity index (χ4n) is 5.20. The van der Waals surface area contributed by atoms with Crippen molar-refractivity contribution in [2.75, 3.05) is 26.7 Å². The van der Waals surface area contributed by atoms with Crippen LogP contribution in [-0.4, -0.2) is 36.8 Å². The predicted molar refractivity (Wildman–Crippen MR) is 147 cm³/mol. The summed E-state index contributed by atoms with van der Waals surface area (Å²) in [4.78, 5) is 2.49.